The van der Waals surface area contributed by atoms with E-state index < -0.39 is 12.1 Å². The topological polar surface area (TPSA) is 74.6 Å². The Morgan fingerprint density at radius 3 is 2.44 bits per heavy atom. The fourth-order valence-electron chi connectivity index (χ4n) is 1.64. The minimum atomic E-state index is -1.68. The first-order valence-corrected chi connectivity index (χ1v) is 7.45. The number of hydrogen-bond acceptors (Lipinski definition) is 3. The number of aliphatic carboxylic acids is 1. The molecule has 0 saturated carbocycles. The van der Waals surface area contributed by atoms with Crippen LogP contribution in [0, 0.1) is 0 Å². The minimum Gasteiger partial charge on any atom is -0.479 e. The van der Waals surface area contributed by atoms with Gasteiger partial charge in [0.2, 0.25) is 0 Å². The van der Waals surface area contributed by atoms with Gasteiger partial charge in [-0.25, -0.2) is 4.79 Å². The lowest BCUT2D eigenvalue weighted by Gasteiger charge is -2.14. The number of hydrogen-bond donors (Lipinski definition) is 2. The number of benzene rings is 1. The second-order valence-electron chi connectivity index (χ2n) is 3.62. The van der Waals surface area contributed by atoms with Crippen LogP contribution in [0.5, 0.6) is 0 Å². The zero-order valence-corrected chi connectivity index (χ0v) is 12.6. The van der Waals surface area contributed by atoms with Gasteiger partial charge in [0.1, 0.15) is 0 Å². The molecule has 1 aromatic rings. The number of carboxylic acid groups (broad SMARTS) is 1. The first kappa shape index (κ1) is 15.3. The summed E-state index contributed by atoms with van der Waals surface area (Å²) in [5, 5.41) is 19.4. The molecule has 1 rings (SSSR count). The highest BCUT2D eigenvalue weighted by Crippen LogP contribution is 2.25. The maximum absolute atomic E-state index is 12.0. The molecule has 1 atom stereocenters. The van der Waals surface area contributed by atoms with Crippen LogP contribution in [-0.4, -0.2) is 27.3 Å². The first-order chi connectivity index (χ1) is 8.52. The molecule has 0 heterocycles. The van der Waals surface area contributed by atoms with E-state index in [1.807, 2.05) is 0 Å². The Bertz CT molecular complexity index is 459. The normalized spacial score (nSPS) is 12.2. The molecule has 0 aromatic heterocycles. The lowest BCUT2D eigenvalue weighted by molar-refractivity contribution is -0.146. The predicted molar refractivity (Wildman–Crippen MR) is 74.4 cm³/mol. The van der Waals surface area contributed by atoms with E-state index in [9.17, 15) is 14.7 Å². The van der Waals surface area contributed by atoms with Crippen molar-refractivity contribution in [3.8, 4) is 0 Å². The number of Topliss-reactive ketones (excluding diaryl/α,β-unsaturated/α-hetero) is 1. The number of aliphatic hydroxyl groups is 1. The lowest BCUT2D eigenvalue weighted by Crippen LogP contribution is -2.16. The molecular weight excluding hydrogens is 368 g/mol. The molecule has 0 fully saturated rings. The Labute approximate surface area is 121 Å². The zero-order chi connectivity index (χ0) is 13.7. The standard InChI is InChI=1S/C12H12Br2O4/c13-5-4-9(15)10-7(6-14)2-1-3-8(10)11(16)12(17)18/h1-3,11,16H,4-6H2,(H,17,18). The third kappa shape index (κ3) is 3.40. The van der Waals surface area contributed by atoms with Crippen molar-refractivity contribution in [1.82, 2.24) is 0 Å². The fourth-order valence-corrected chi connectivity index (χ4v) is 2.47. The Morgan fingerprint density at radius 1 is 1.28 bits per heavy atom. The Morgan fingerprint density at radius 2 is 1.94 bits per heavy atom. The van der Waals surface area contributed by atoms with Crippen LogP contribution < -0.4 is 0 Å². The summed E-state index contributed by atoms with van der Waals surface area (Å²) < 4.78 is 0. The molecule has 98 valence electrons. The number of rotatable bonds is 6. The van der Waals surface area contributed by atoms with Crippen molar-refractivity contribution < 1.29 is 19.8 Å². The average Bonchev–Trinajstić information content (AvgIpc) is 2.36. The number of halogens is 2. The molecule has 4 nitrogen and oxygen atoms in total. The van der Waals surface area contributed by atoms with E-state index in [1.165, 1.54) is 6.07 Å². The van der Waals surface area contributed by atoms with Crippen LogP contribution in [0.4, 0.5) is 0 Å². The Balaban J connectivity index is 3.33. The van der Waals surface area contributed by atoms with E-state index >= 15 is 0 Å². The molecule has 0 aliphatic rings. The summed E-state index contributed by atoms with van der Waals surface area (Å²) in [6.07, 6.45) is -1.43. The Hall–Kier alpha value is -0.720. The summed E-state index contributed by atoms with van der Waals surface area (Å²) in [5.74, 6) is -1.55. The second kappa shape index (κ2) is 7.01. The summed E-state index contributed by atoms with van der Waals surface area (Å²) in [7, 11) is 0. The highest BCUT2D eigenvalue weighted by atomic mass is 79.9. The minimum absolute atomic E-state index is 0.144. The average molecular weight is 380 g/mol. The van der Waals surface area contributed by atoms with Gasteiger partial charge in [0, 0.05) is 28.2 Å². The molecule has 18 heavy (non-hydrogen) atoms. The van der Waals surface area contributed by atoms with Crippen LogP contribution in [0.3, 0.4) is 0 Å². The lowest BCUT2D eigenvalue weighted by atomic mass is 9.94. The van der Waals surface area contributed by atoms with Crippen LogP contribution >= 0.6 is 31.9 Å². The molecule has 0 aliphatic carbocycles. The summed E-state index contributed by atoms with van der Waals surface area (Å²) in [5.41, 5.74) is 1.12. The molecule has 0 aliphatic heterocycles. The van der Waals surface area contributed by atoms with Gasteiger partial charge >= 0.3 is 5.97 Å². The van der Waals surface area contributed by atoms with E-state index in [2.05, 4.69) is 31.9 Å². The number of carbonyl (C=O) groups is 2. The zero-order valence-electron chi connectivity index (χ0n) is 9.40. The van der Waals surface area contributed by atoms with Crippen molar-refractivity contribution in [2.75, 3.05) is 5.33 Å². The predicted octanol–water partition coefficient (Wildman–Crippen LogP) is 2.67. The number of aliphatic hydroxyl groups excluding tert-OH is 1. The molecule has 0 bridgehead atoms. The highest BCUT2D eigenvalue weighted by molar-refractivity contribution is 9.09. The smallest absolute Gasteiger partial charge is 0.337 e. The SMILES string of the molecule is O=C(CCBr)c1c(CBr)cccc1C(O)C(=O)O. The molecule has 1 unspecified atom stereocenters. The molecule has 0 saturated heterocycles. The summed E-state index contributed by atoms with van der Waals surface area (Å²) in [6, 6.07) is 4.82. The van der Waals surface area contributed by atoms with Crippen LogP contribution in [0.25, 0.3) is 0 Å². The van der Waals surface area contributed by atoms with Gasteiger partial charge in [-0.2, -0.15) is 0 Å². The van der Waals surface area contributed by atoms with Crippen molar-refractivity contribution in [3.63, 3.8) is 0 Å². The maximum Gasteiger partial charge on any atom is 0.337 e. The summed E-state index contributed by atoms with van der Waals surface area (Å²) in [4.78, 5) is 22.9. The Kier molecular flexibility index (Phi) is 5.98. The third-order valence-corrected chi connectivity index (χ3v) is 3.46. The quantitative estimate of drug-likeness (QED) is 0.588. The summed E-state index contributed by atoms with van der Waals surface area (Å²) >= 11 is 6.43. The fraction of sp³-hybridized carbons (Fsp3) is 0.333. The molecule has 0 spiro atoms. The molecular formula is C12H12Br2O4. The molecule has 6 heteroatoms. The van der Waals surface area contributed by atoms with E-state index in [1.54, 1.807) is 12.1 Å². The monoisotopic (exact) mass is 378 g/mol. The van der Waals surface area contributed by atoms with Crippen molar-refractivity contribution in [2.45, 2.75) is 17.9 Å². The van der Waals surface area contributed by atoms with Crippen LogP contribution in [-0.2, 0) is 10.1 Å². The van der Waals surface area contributed by atoms with Crippen LogP contribution in [0.15, 0.2) is 18.2 Å². The first-order valence-electron chi connectivity index (χ1n) is 5.20. The van der Waals surface area contributed by atoms with Gasteiger partial charge in [-0.3, -0.25) is 4.79 Å². The maximum atomic E-state index is 12.0. The van der Waals surface area contributed by atoms with E-state index in [-0.39, 0.29) is 17.8 Å². The summed E-state index contributed by atoms with van der Waals surface area (Å²) in [6.45, 7) is 0. The van der Waals surface area contributed by atoms with Gasteiger partial charge < -0.3 is 10.2 Å². The second-order valence-corrected chi connectivity index (χ2v) is 4.97. The van der Waals surface area contributed by atoms with E-state index in [0.29, 0.717) is 21.8 Å². The molecule has 2 N–H and O–H groups in total. The van der Waals surface area contributed by atoms with Crippen molar-refractivity contribution >= 4 is 43.6 Å². The number of alkyl halides is 2. The van der Waals surface area contributed by atoms with Crippen LogP contribution in [0.2, 0.25) is 0 Å². The van der Waals surface area contributed by atoms with E-state index in [4.69, 9.17) is 5.11 Å². The largest absolute Gasteiger partial charge is 0.479 e. The van der Waals surface area contributed by atoms with Gasteiger partial charge in [-0.05, 0) is 5.56 Å². The van der Waals surface area contributed by atoms with Crippen LogP contribution in [0.1, 0.15) is 34.0 Å². The van der Waals surface area contributed by atoms with E-state index in [0.717, 1.165) is 0 Å². The van der Waals surface area contributed by atoms with Gasteiger partial charge in [0.05, 0.1) is 0 Å². The van der Waals surface area contributed by atoms with Crippen molar-refractivity contribution in [3.05, 3.63) is 34.9 Å². The molecule has 0 radical (unpaired) electrons. The highest BCUT2D eigenvalue weighted by Gasteiger charge is 2.24. The molecule has 1 aromatic carbocycles. The number of ketones is 1. The van der Waals surface area contributed by atoms with Gasteiger partial charge in [0.25, 0.3) is 0 Å². The number of carboxylic acids is 1. The van der Waals surface area contributed by atoms with Gasteiger partial charge in [-0.15, -0.1) is 0 Å². The molecule has 0 amide bonds. The van der Waals surface area contributed by atoms with Gasteiger partial charge in [0.15, 0.2) is 11.9 Å². The van der Waals surface area contributed by atoms with Crippen molar-refractivity contribution in [2.24, 2.45) is 0 Å². The third-order valence-electron chi connectivity index (χ3n) is 2.46. The van der Waals surface area contributed by atoms with Crippen molar-refractivity contribution in [1.29, 1.82) is 0 Å². The number of carbonyl (C=O) groups excluding carboxylic acids is 1. The van der Waals surface area contributed by atoms with Gasteiger partial charge in [-0.1, -0.05) is 50.1 Å².